The summed E-state index contributed by atoms with van der Waals surface area (Å²) in [5.41, 5.74) is 10.7. The standard InChI is InChI=1S/C68H73N5O8/c1-7-13-27-76-63-34-49-50(35-64(63)77-28-14-8-2)59-42-61-53-38-67(80-31-17-11-5)68(81-32-18-12-6)39-54(53)62(72-61)43-60-52-37-66(79-30-16-10-4)65(78-29-15-9-3)36-51(52)58(71-60)41-56-48-33-45(20-19-44-21-24-46(25-22-44)73(74)75)23-26-47(48)55(69-56)40-57(49)70-59/h21-26,33-43,56,72H,7-18,27-32H2,1-6H3/b57-40-,58-41-,61-42-,62-43-. The summed E-state index contributed by atoms with van der Waals surface area (Å²) >= 11 is 0. The average Bonchev–Trinajstić information content (AvgIpc) is 4.21. The van der Waals surface area contributed by atoms with Crippen molar-refractivity contribution in [1.82, 2.24) is 4.98 Å². The van der Waals surface area contributed by atoms with E-state index in [-0.39, 0.29) is 5.69 Å². The van der Waals surface area contributed by atoms with Crippen LogP contribution in [0, 0.1) is 22.0 Å². The number of benzene rings is 5. The third-order valence-corrected chi connectivity index (χ3v) is 14.7. The van der Waals surface area contributed by atoms with Crippen LogP contribution in [-0.2, 0) is 0 Å². The van der Waals surface area contributed by atoms with Crippen molar-refractivity contribution >= 4 is 57.1 Å². The summed E-state index contributed by atoms with van der Waals surface area (Å²) in [6, 6.07) is 24.5. The van der Waals surface area contributed by atoms with Gasteiger partial charge in [0.05, 0.1) is 79.1 Å². The molecule has 10 rings (SSSR count). The SMILES string of the molecule is CCCCOc1cc2c(cc1OCCCC)/C1=C/C3=NC(/C=C4N=C(/C=c5\[nH]/c(c6cc(OCCCC)c(OCCCC)cc56)=C\C2=N1)c1cc(OCCCC)c(OCCCC)cc1\4)c1cc(C#Cc2ccc([N+](=O)[O-])cc2)ccc13. The Bertz CT molecular complexity index is 3680. The summed E-state index contributed by atoms with van der Waals surface area (Å²) in [7, 11) is 0. The predicted molar refractivity (Wildman–Crippen MR) is 326 cm³/mol. The lowest BCUT2D eigenvalue weighted by Crippen LogP contribution is -2.14. The Hall–Kier alpha value is -8.37. The van der Waals surface area contributed by atoms with Crippen molar-refractivity contribution in [2.75, 3.05) is 39.6 Å². The molecule has 5 aromatic carbocycles. The van der Waals surface area contributed by atoms with Crippen LogP contribution in [-0.4, -0.2) is 66.7 Å². The van der Waals surface area contributed by atoms with Crippen molar-refractivity contribution in [3.8, 4) is 46.3 Å². The topological polar surface area (TPSA) is 151 Å². The van der Waals surface area contributed by atoms with Crippen LogP contribution in [0.4, 0.5) is 5.69 Å². The lowest BCUT2D eigenvalue weighted by Gasteiger charge is -2.15. The number of ether oxygens (including phenoxy) is 6. The fourth-order valence-electron chi connectivity index (χ4n) is 10.1. The highest BCUT2D eigenvalue weighted by atomic mass is 16.6. The van der Waals surface area contributed by atoms with Crippen molar-refractivity contribution in [3.63, 3.8) is 0 Å². The summed E-state index contributed by atoms with van der Waals surface area (Å²) in [6.07, 6.45) is 19.9. The van der Waals surface area contributed by atoms with E-state index in [9.17, 15) is 10.1 Å². The lowest BCUT2D eigenvalue weighted by molar-refractivity contribution is -0.384. The first-order chi connectivity index (χ1) is 39.7. The second-order valence-electron chi connectivity index (χ2n) is 20.9. The molecule has 13 nitrogen and oxygen atoms in total. The number of rotatable bonds is 25. The van der Waals surface area contributed by atoms with Gasteiger partial charge in [-0.05, 0) is 129 Å². The van der Waals surface area contributed by atoms with Gasteiger partial charge in [0.25, 0.3) is 5.69 Å². The zero-order chi connectivity index (χ0) is 56.2. The number of hydrogen-bond acceptors (Lipinski definition) is 11. The predicted octanol–water partition coefficient (Wildman–Crippen LogP) is 14.4. The molecule has 0 spiro atoms. The van der Waals surface area contributed by atoms with E-state index in [1.807, 2.05) is 6.07 Å². The molecule has 418 valence electrons. The molecule has 0 radical (unpaired) electrons. The number of unbranched alkanes of at least 4 members (excludes halogenated alkanes) is 6. The Morgan fingerprint density at radius 1 is 0.469 bits per heavy atom. The zero-order valence-corrected chi connectivity index (χ0v) is 47.7. The molecule has 6 aromatic rings. The Balaban J connectivity index is 1.24. The van der Waals surface area contributed by atoms with Crippen molar-refractivity contribution in [3.05, 3.63) is 156 Å². The highest BCUT2D eigenvalue weighted by molar-refractivity contribution is 6.30. The molecule has 1 atom stereocenters. The second-order valence-corrected chi connectivity index (χ2v) is 20.9. The molecule has 4 aliphatic heterocycles. The van der Waals surface area contributed by atoms with Gasteiger partial charge in [0, 0.05) is 72.5 Å². The van der Waals surface area contributed by atoms with Gasteiger partial charge in [0.2, 0.25) is 0 Å². The largest absolute Gasteiger partial charge is 0.490 e. The number of non-ortho nitro benzene ring substituents is 1. The monoisotopic (exact) mass is 1090 g/mol. The van der Waals surface area contributed by atoms with E-state index < -0.39 is 11.0 Å². The van der Waals surface area contributed by atoms with E-state index >= 15 is 0 Å². The summed E-state index contributed by atoms with van der Waals surface area (Å²) in [6.45, 7) is 16.3. The van der Waals surface area contributed by atoms with Crippen LogP contribution in [0.25, 0.3) is 34.3 Å². The average molecular weight is 1090 g/mol. The number of aliphatic imine (C=N–C) groups is 3. The Labute approximate surface area is 475 Å². The Kier molecular flexibility index (Phi) is 18.1. The highest BCUT2D eigenvalue weighted by Crippen LogP contribution is 2.44. The van der Waals surface area contributed by atoms with Crippen LogP contribution < -0.4 is 39.1 Å². The van der Waals surface area contributed by atoms with Gasteiger partial charge < -0.3 is 33.4 Å². The maximum Gasteiger partial charge on any atom is 0.269 e. The Morgan fingerprint density at radius 3 is 1.33 bits per heavy atom. The summed E-state index contributed by atoms with van der Waals surface area (Å²) < 4.78 is 39.3. The van der Waals surface area contributed by atoms with Crippen molar-refractivity contribution in [2.45, 2.75) is 125 Å². The molecule has 81 heavy (non-hydrogen) atoms. The maximum atomic E-state index is 11.4. The molecular formula is C68H73N5O8. The highest BCUT2D eigenvalue weighted by Gasteiger charge is 2.31. The van der Waals surface area contributed by atoms with Crippen molar-refractivity contribution in [2.24, 2.45) is 15.0 Å². The van der Waals surface area contributed by atoms with E-state index in [2.05, 4.69) is 131 Å². The number of nitrogens with one attached hydrogen (secondary N) is 1. The molecule has 0 fully saturated rings. The fraction of sp³-hybridized carbons (Fsp3) is 0.368. The third-order valence-electron chi connectivity index (χ3n) is 14.7. The normalized spacial score (nSPS) is 16.5. The number of nitro benzene ring substituents is 1. The van der Waals surface area contributed by atoms with Gasteiger partial charge in [-0.3, -0.25) is 15.1 Å². The van der Waals surface area contributed by atoms with Crippen LogP contribution in [0.3, 0.4) is 0 Å². The minimum atomic E-state index is -0.484. The van der Waals surface area contributed by atoms with Gasteiger partial charge in [0.1, 0.15) is 0 Å². The molecule has 4 aliphatic rings. The van der Waals surface area contributed by atoms with E-state index in [1.165, 1.54) is 12.1 Å². The van der Waals surface area contributed by atoms with Gasteiger partial charge in [0.15, 0.2) is 34.5 Å². The van der Waals surface area contributed by atoms with Gasteiger partial charge in [-0.2, -0.15) is 0 Å². The fourth-order valence-corrected chi connectivity index (χ4v) is 10.1. The molecule has 8 bridgehead atoms. The number of fused-ring (bicyclic) bond motifs is 17. The Morgan fingerprint density at radius 2 is 0.877 bits per heavy atom. The first kappa shape index (κ1) is 55.9. The zero-order valence-electron chi connectivity index (χ0n) is 47.7. The lowest BCUT2D eigenvalue weighted by atomic mass is 9.95. The minimum Gasteiger partial charge on any atom is -0.490 e. The molecule has 5 heterocycles. The molecule has 0 saturated heterocycles. The van der Waals surface area contributed by atoms with E-state index in [4.69, 9.17) is 43.4 Å². The van der Waals surface area contributed by atoms with Crippen LogP contribution in [0.1, 0.15) is 169 Å². The molecule has 0 saturated carbocycles. The smallest absolute Gasteiger partial charge is 0.269 e. The van der Waals surface area contributed by atoms with Crippen molar-refractivity contribution in [1.29, 1.82) is 0 Å². The minimum absolute atomic E-state index is 0.0145. The molecule has 0 aliphatic carbocycles. The molecule has 1 N–H and O–H groups in total. The maximum absolute atomic E-state index is 11.4. The first-order valence-electron chi connectivity index (χ1n) is 29.3. The third kappa shape index (κ3) is 12.7. The quantitative estimate of drug-likeness (QED) is 0.0257. The number of aromatic amines is 1. The van der Waals surface area contributed by atoms with E-state index in [0.717, 1.165) is 166 Å². The number of nitrogens with zero attached hydrogens (tertiary/aromatic N) is 4. The number of hydrogen-bond donors (Lipinski definition) is 1. The second kappa shape index (κ2) is 26.3. The number of aromatic nitrogens is 1. The molecule has 1 aromatic heterocycles. The van der Waals surface area contributed by atoms with Gasteiger partial charge in [-0.25, -0.2) is 9.98 Å². The van der Waals surface area contributed by atoms with E-state index in [0.29, 0.717) is 79.7 Å². The number of H-pyrrole nitrogens is 1. The van der Waals surface area contributed by atoms with E-state index in [1.54, 1.807) is 12.1 Å². The molecule has 1 unspecified atom stereocenters. The first-order valence-corrected chi connectivity index (χ1v) is 29.3. The van der Waals surface area contributed by atoms with Gasteiger partial charge in [-0.15, -0.1) is 0 Å². The van der Waals surface area contributed by atoms with Crippen LogP contribution in [0.15, 0.2) is 106 Å². The van der Waals surface area contributed by atoms with Gasteiger partial charge >= 0.3 is 0 Å². The number of nitro groups is 1. The molecule has 0 amide bonds. The summed E-state index contributed by atoms with van der Waals surface area (Å²) in [5, 5.41) is 15.0. The summed E-state index contributed by atoms with van der Waals surface area (Å²) in [5.74, 6) is 10.6. The van der Waals surface area contributed by atoms with Crippen molar-refractivity contribution < 1.29 is 33.3 Å². The summed E-state index contributed by atoms with van der Waals surface area (Å²) in [4.78, 5) is 31.5. The molecular weight excluding hydrogens is 1010 g/mol. The number of allylic oxidation sites excluding steroid dienone is 1. The van der Waals surface area contributed by atoms with Gasteiger partial charge in [-0.1, -0.05) is 98.0 Å². The molecule has 13 heteroatoms. The van der Waals surface area contributed by atoms with Crippen LogP contribution in [0.5, 0.6) is 34.5 Å². The van der Waals surface area contributed by atoms with Crippen LogP contribution in [0.2, 0.25) is 0 Å². The van der Waals surface area contributed by atoms with Crippen LogP contribution >= 0.6 is 0 Å².